The minimum absolute atomic E-state index is 0.000570. The van der Waals surface area contributed by atoms with Gasteiger partial charge in [0.1, 0.15) is 21.9 Å². The third-order valence-corrected chi connectivity index (χ3v) is 6.95. The Balaban J connectivity index is 1.57. The van der Waals surface area contributed by atoms with Crippen LogP contribution in [0.25, 0.3) is 0 Å². The van der Waals surface area contributed by atoms with Gasteiger partial charge in [0.2, 0.25) is 5.95 Å². The zero-order valence-electron chi connectivity index (χ0n) is 17.5. The van der Waals surface area contributed by atoms with Gasteiger partial charge in [-0.05, 0) is 61.2 Å². The Kier molecular flexibility index (Phi) is 5.39. The molecule has 0 atom stereocenters. The summed E-state index contributed by atoms with van der Waals surface area (Å²) >= 11 is 6.30. The predicted octanol–water partition coefficient (Wildman–Crippen LogP) is 4.81. The van der Waals surface area contributed by atoms with Crippen LogP contribution in [0.5, 0.6) is 0 Å². The summed E-state index contributed by atoms with van der Waals surface area (Å²) in [5, 5.41) is 10.4. The molecule has 3 N–H and O–H groups in total. The van der Waals surface area contributed by atoms with Gasteiger partial charge in [-0.3, -0.25) is 4.72 Å². The lowest BCUT2D eigenvalue weighted by molar-refractivity contribution is 0.413. The number of rotatable bonds is 3. The largest absolute Gasteiger partial charge is 0.363 e. The van der Waals surface area contributed by atoms with Crippen LogP contribution in [0, 0.1) is 6.92 Å². The summed E-state index contributed by atoms with van der Waals surface area (Å²) in [6, 6.07) is 13.2. The number of nitrogens with one attached hydrogen (secondary N) is 3. The predicted molar refractivity (Wildman–Crippen MR) is 126 cm³/mol. The van der Waals surface area contributed by atoms with E-state index in [9.17, 15) is 8.42 Å². The monoisotopic (exact) mass is 482 g/mol. The van der Waals surface area contributed by atoms with Crippen molar-refractivity contribution in [1.82, 2.24) is 15.1 Å². The van der Waals surface area contributed by atoms with Gasteiger partial charge in [-0.2, -0.15) is 4.98 Å². The normalized spacial score (nSPS) is 13.0. The fourth-order valence-corrected chi connectivity index (χ4v) is 4.92. The number of hydrogen-bond donors (Lipinski definition) is 3. The van der Waals surface area contributed by atoms with Crippen molar-refractivity contribution in [1.29, 1.82) is 0 Å². The highest BCUT2D eigenvalue weighted by Gasteiger charge is 2.22. The van der Waals surface area contributed by atoms with E-state index in [0.29, 0.717) is 46.7 Å². The van der Waals surface area contributed by atoms with E-state index in [4.69, 9.17) is 16.1 Å². The average Bonchev–Trinajstić information content (AvgIpc) is 3.23. The van der Waals surface area contributed by atoms with Gasteiger partial charge < -0.3 is 15.2 Å². The molecular formula is C22H19ClN6O3S. The van der Waals surface area contributed by atoms with Gasteiger partial charge >= 0.3 is 0 Å². The second-order valence-corrected chi connectivity index (χ2v) is 9.64. The Morgan fingerprint density at radius 1 is 1.09 bits per heavy atom. The van der Waals surface area contributed by atoms with Gasteiger partial charge in [0, 0.05) is 11.4 Å². The second kappa shape index (κ2) is 8.38. The summed E-state index contributed by atoms with van der Waals surface area (Å²) < 4.78 is 33.3. The lowest BCUT2D eigenvalue weighted by Crippen LogP contribution is -2.15. The third-order valence-electron chi connectivity index (χ3n) is 5.22. The number of sulfonamides is 1. The molecule has 1 aliphatic rings. The number of anilines is 5. The molecule has 0 unspecified atom stereocenters. The molecule has 0 saturated heterocycles. The molecule has 0 amide bonds. The van der Waals surface area contributed by atoms with Crippen LogP contribution in [0.2, 0.25) is 5.02 Å². The highest BCUT2D eigenvalue weighted by Crippen LogP contribution is 2.30. The molecule has 2 aromatic carbocycles. The number of aromatic nitrogens is 3. The molecule has 168 valence electrons. The van der Waals surface area contributed by atoms with E-state index in [0.717, 1.165) is 23.1 Å². The van der Waals surface area contributed by atoms with E-state index >= 15 is 0 Å². The number of benzene rings is 2. The third kappa shape index (κ3) is 4.48. The van der Waals surface area contributed by atoms with Crippen LogP contribution in [0.1, 0.15) is 16.8 Å². The number of hydrogen-bond acceptors (Lipinski definition) is 8. The Bertz CT molecular complexity index is 1450. The minimum Gasteiger partial charge on any atom is -0.363 e. The number of nitrogens with zero attached hydrogens (tertiary/aromatic N) is 3. The van der Waals surface area contributed by atoms with E-state index in [1.807, 2.05) is 30.3 Å². The first-order valence-corrected chi connectivity index (χ1v) is 12.0. The van der Waals surface area contributed by atoms with Crippen molar-refractivity contribution in [2.45, 2.75) is 24.7 Å². The molecule has 0 radical (unpaired) electrons. The molecular weight excluding hydrogens is 464 g/mol. The number of fused-ring (bicyclic) bond motifs is 6. The Morgan fingerprint density at radius 3 is 2.76 bits per heavy atom. The van der Waals surface area contributed by atoms with Crippen LogP contribution in [0.3, 0.4) is 0 Å². The molecule has 1 aliphatic heterocycles. The maximum absolute atomic E-state index is 12.9. The molecule has 0 fully saturated rings. The van der Waals surface area contributed by atoms with E-state index < -0.39 is 10.0 Å². The Labute approximate surface area is 195 Å². The van der Waals surface area contributed by atoms with Crippen LogP contribution in [0.15, 0.2) is 64.3 Å². The van der Waals surface area contributed by atoms with Crippen LogP contribution < -0.4 is 15.4 Å². The molecule has 0 aliphatic carbocycles. The van der Waals surface area contributed by atoms with Gasteiger partial charge in [0.25, 0.3) is 10.0 Å². The van der Waals surface area contributed by atoms with Gasteiger partial charge in [-0.15, -0.1) is 0 Å². The summed E-state index contributed by atoms with van der Waals surface area (Å²) in [6.45, 7) is 1.58. The number of aryl methyl sites for hydroxylation is 3. The van der Waals surface area contributed by atoms with Crippen molar-refractivity contribution < 1.29 is 12.9 Å². The fraction of sp³-hybridized carbons (Fsp3) is 0.136. The van der Waals surface area contributed by atoms with E-state index in [-0.39, 0.29) is 4.90 Å². The summed E-state index contributed by atoms with van der Waals surface area (Å²) in [6.07, 6.45) is 3.93. The highest BCUT2D eigenvalue weighted by molar-refractivity contribution is 7.92. The minimum atomic E-state index is -3.86. The number of halogens is 1. The standard InChI is InChI=1S/C22H19ClN6O3S/c1-13-20(12-32-28-13)33(30,31)29-19-8-7-17-10-15(19)6-5-14-3-2-4-16(9-14)26-22-24-11-18(23)21(25-17)27-22/h2-4,7-12,29H,5-6H2,1H3,(H2,24,25,26,27). The fourth-order valence-electron chi connectivity index (χ4n) is 3.58. The first kappa shape index (κ1) is 21.2. The topological polar surface area (TPSA) is 122 Å². The van der Waals surface area contributed by atoms with Crippen LogP contribution >= 0.6 is 11.6 Å². The molecule has 6 bridgehead atoms. The lowest BCUT2D eigenvalue weighted by Gasteiger charge is -2.15. The Hall–Kier alpha value is -3.63. The molecule has 0 spiro atoms. The maximum Gasteiger partial charge on any atom is 0.267 e. The van der Waals surface area contributed by atoms with Gasteiger partial charge in [0.15, 0.2) is 5.82 Å². The first-order valence-electron chi connectivity index (χ1n) is 10.1. The zero-order valence-corrected chi connectivity index (χ0v) is 19.0. The summed E-state index contributed by atoms with van der Waals surface area (Å²) in [7, 11) is -3.86. The lowest BCUT2D eigenvalue weighted by atomic mass is 10.0. The van der Waals surface area contributed by atoms with E-state index in [1.165, 1.54) is 6.20 Å². The molecule has 5 rings (SSSR count). The van der Waals surface area contributed by atoms with Crippen molar-refractivity contribution in [3.05, 3.63) is 76.8 Å². The maximum atomic E-state index is 12.9. The van der Waals surface area contributed by atoms with Crippen LogP contribution in [-0.4, -0.2) is 23.5 Å². The molecule has 0 saturated carbocycles. The average molecular weight is 483 g/mol. The van der Waals surface area contributed by atoms with E-state index in [1.54, 1.807) is 19.1 Å². The molecule has 33 heavy (non-hydrogen) atoms. The molecule has 9 nitrogen and oxygen atoms in total. The van der Waals surface area contributed by atoms with Crippen molar-refractivity contribution in [3.8, 4) is 0 Å². The second-order valence-electron chi connectivity index (χ2n) is 7.58. The quantitative estimate of drug-likeness (QED) is 0.380. The molecule has 4 aromatic rings. The highest BCUT2D eigenvalue weighted by atomic mass is 35.5. The van der Waals surface area contributed by atoms with Crippen LogP contribution in [-0.2, 0) is 22.9 Å². The van der Waals surface area contributed by atoms with Crippen molar-refractivity contribution in [2.24, 2.45) is 0 Å². The van der Waals surface area contributed by atoms with E-state index in [2.05, 4.69) is 30.5 Å². The van der Waals surface area contributed by atoms with Gasteiger partial charge in [-0.1, -0.05) is 28.9 Å². The molecule has 11 heteroatoms. The van der Waals surface area contributed by atoms with Crippen LogP contribution in [0.4, 0.5) is 28.8 Å². The zero-order chi connectivity index (χ0) is 23.0. The van der Waals surface area contributed by atoms with Crippen molar-refractivity contribution >= 4 is 50.5 Å². The Morgan fingerprint density at radius 2 is 1.94 bits per heavy atom. The molecule has 3 heterocycles. The first-order chi connectivity index (χ1) is 15.9. The molecule has 2 aromatic heterocycles. The van der Waals surface area contributed by atoms with Gasteiger partial charge in [-0.25, -0.2) is 13.4 Å². The SMILES string of the molecule is Cc1nocc1S(=O)(=O)Nc1ccc2cc1CCc1cccc(c1)Nc1ncc(Cl)c(n1)N2. The van der Waals surface area contributed by atoms with Gasteiger partial charge in [0.05, 0.1) is 11.9 Å². The van der Waals surface area contributed by atoms with Crippen molar-refractivity contribution in [3.63, 3.8) is 0 Å². The summed E-state index contributed by atoms with van der Waals surface area (Å²) in [5.41, 5.74) is 4.21. The summed E-state index contributed by atoms with van der Waals surface area (Å²) in [5.74, 6) is 0.843. The van der Waals surface area contributed by atoms with Crippen molar-refractivity contribution in [2.75, 3.05) is 15.4 Å². The smallest absolute Gasteiger partial charge is 0.267 e. The summed E-state index contributed by atoms with van der Waals surface area (Å²) in [4.78, 5) is 8.72.